The lowest BCUT2D eigenvalue weighted by Gasteiger charge is -2.26. The van der Waals surface area contributed by atoms with Crippen LogP contribution in [0.2, 0.25) is 0 Å². The quantitative estimate of drug-likeness (QED) is 0.368. The maximum atomic E-state index is 13.5. The first-order valence-corrected chi connectivity index (χ1v) is 12.5. The smallest absolute Gasteiger partial charge is 0.245 e. The van der Waals surface area contributed by atoms with Gasteiger partial charge in [0, 0.05) is 31.7 Å². The van der Waals surface area contributed by atoms with Gasteiger partial charge in [0.25, 0.3) is 0 Å². The van der Waals surface area contributed by atoms with Crippen LogP contribution in [0.15, 0.2) is 60.7 Å². The minimum Gasteiger partial charge on any atom is -0.383 e. The highest BCUT2D eigenvalue weighted by atomic mass is 19.1. The summed E-state index contributed by atoms with van der Waals surface area (Å²) in [7, 11) is 1.57. The van der Waals surface area contributed by atoms with Crippen LogP contribution >= 0.6 is 0 Å². The van der Waals surface area contributed by atoms with Gasteiger partial charge in [-0.2, -0.15) is 5.10 Å². The molecule has 198 valence electrons. The summed E-state index contributed by atoms with van der Waals surface area (Å²) in [5.41, 5.74) is 2.25. The Hall–Kier alpha value is -3.52. The van der Waals surface area contributed by atoms with Gasteiger partial charge in [0.2, 0.25) is 11.8 Å². The Kier molecular flexibility index (Phi) is 9.58. The van der Waals surface area contributed by atoms with E-state index in [4.69, 9.17) is 4.74 Å². The third kappa shape index (κ3) is 8.53. The molecule has 2 aromatic carbocycles. The van der Waals surface area contributed by atoms with Crippen LogP contribution in [0.25, 0.3) is 16.9 Å². The molecular formula is C29H37FN4O3. The van der Waals surface area contributed by atoms with Crippen molar-refractivity contribution in [2.75, 3.05) is 32.1 Å². The number of rotatable bonds is 11. The summed E-state index contributed by atoms with van der Waals surface area (Å²) in [6.45, 7) is 9.05. The van der Waals surface area contributed by atoms with Gasteiger partial charge >= 0.3 is 0 Å². The third-order valence-corrected chi connectivity index (χ3v) is 5.85. The Bertz CT molecular complexity index is 1170. The van der Waals surface area contributed by atoms with Crippen molar-refractivity contribution < 1.29 is 18.7 Å². The van der Waals surface area contributed by atoms with Crippen LogP contribution in [0.4, 0.5) is 10.2 Å². The second-order valence-electron chi connectivity index (χ2n) is 10.6. The Morgan fingerprint density at radius 2 is 1.78 bits per heavy atom. The summed E-state index contributed by atoms with van der Waals surface area (Å²) < 4.78 is 20.3. The van der Waals surface area contributed by atoms with E-state index in [2.05, 4.69) is 38.1 Å². The zero-order valence-electron chi connectivity index (χ0n) is 22.3. The van der Waals surface area contributed by atoms with E-state index >= 15 is 0 Å². The van der Waals surface area contributed by atoms with Crippen molar-refractivity contribution in [2.24, 2.45) is 11.3 Å². The molecule has 0 aliphatic heterocycles. The number of anilines is 1. The summed E-state index contributed by atoms with van der Waals surface area (Å²) in [5.74, 6) is -0.181. The number of carbonyl (C=O) groups is 2. The van der Waals surface area contributed by atoms with E-state index < -0.39 is 0 Å². The van der Waals surface area contributed by atoms with Gasteiger partial charge in [-0.25, -0.2) is 9.07 Å². The summed E-state index contributed by atoms with van der Waals surface area (Å²) in [6, 6.07) is 17.2. The SMILES string of the molecule is COCCN(CC(=O)Nc1cc(-c2ccccc2)nn1-c1ccc(F)cc1)C(=O)CC(C)CC(C)(C)C. The molecule has 1 atom stereocenters. The molecule has 2 amide bonds. The second kappa shape index (κ2) is 12.6. The molecular weight excluding hydrogens is 471 g/mol. The summed E-state index contributed by atoms with van der Waals surface area (Å²) in [6.07, 6.45) is 1.27. The number of halogens is 1. The Morgan fingerprint density at radius 3 is 2.41 bits per heavy atom. The fourth-order valence-corrected chi connectivity index (χ4v) is 4.39. The van der Waals surface area contributed by atoms with Crippen molar-refractivity contribution in [1.82, 2.24) is 14.7 Å². The van der Waals surface area contributed by atoms with Crippen molar-refractivity contribution in [3.8, 4) is 16.9 Å². The lowest BCUT2D eigenvalue weighted by atomic mass is 9.84. The van der Waals surface area contributed by atoms with Gasteiger partial charge in [-0.3, -0.25) is 9.59 Å². The molecule has 0 fully saturated rings. The zero-order chi connectivity index (χ0) is 27.0. The standard InChI is InChI=1S/C29H37FN4O3/c1-21(19-29(2,3)4)17-28(36)33(15-16-37-5)20-27(35)31-26-18-25(22-9-7-6-8-10-22)32-34(26)24-13-11-23(30)12-14-24/h6-14,18,21H,15-17,19-20H2,1-5H3,(H,31,35). The second-order valence-corrected chi connectivity index (χ2v) is 10.6. The first kappa shape index (κ1) is 28.1. The molecule has 0 spiro atoms. The lowest BCUT2D eigenvalue weighted by molar-refractivity contribution is -0.136. The average Bonchev–Trinajstić information content (AvgIpc) is 3.25. The lowest BCUT2D eigenvalue weighted by Crippen LogP contribution is -2.40. The first-order valence-electron chi connectivity index (χ1n) is 12.5. The summed E-state index contributed by atoms with van der Waals surface area (Å²) in [5, 5.41) is 7.55. The number of nitrogens with one attached hydrogen (secondary N) is 1. The molecule has 3 rings (SSSR count). The molecule has 0 saturated carbocycles. The maximum Gasteiger partial charge on any atom is 0.245 e. The molecule has 1 N–H and O–H groups in total. The van der Waals surface area contributed by atoms with Gasteiger partial charge in [0.15, 0.2) is 0 Å². The first-order chi connectivity index (χ1) is 17.6. The van der Waals surface area contributed by atoms with Crippen LogP contribution < -0.4 is 5.32 Å². The van der Waals surface area contributed by atoms with Gasteiger partial charge in [-0.05, 0) is 42.0 Å². The molecule has 3 aromatic rings. The van der Waals surface area contributed by atoms with E-state index in [0.717, 1.165) is 12.0 Å². The highest BCUT2D eigenvalue weighted by molar-refractivity contribution is 5.94. The molecule has 7 nitrogen and oxygen atoms in total. The van der Waals surface area contributed by atoms with Gasteiger partial charge in [0.1, 0.15) is 11.6 Å². The van der Waals surface area contributed by atoms with Crippen LogP contribution in [0.1, 0.15) is 40.5 Å². The molecule has 0 aliphatic rings. The number of methoxy groups -OCH3 is 1. The van der Waals surface area contributed by atoms with Crippen molar-refractivity contribution >= 4 is 17.6 Å². The number of aromatic nitrogens is 2. The molecule has 0 radical (unpaired) electrons. The van der Waals surface area contributed by atoms with E-state index in [-0.39, 0.29) is 35.5 Å². The van der Waals surface area contributed by atoms with Crippen LogP contribution in [0.5, 0.6) is 0 Å². The van der Waals surface area contributed by atoms with Gasteiger partial charge in [-0.15, -0.1) is 0 Å². The molecule has 8 heteroatoms. The van der Waals surface area contributed by atoms with Gasteiger partial charge < -0.3 is 15.0 Å². The largest absolute Gasteiger partial charge is 0.383 e. The number of amides is 2. The molecule has 0 aliphatic carbocycles. The summed E-state index contributed by atoms with van der Waals surface area (Å²) in [4.78, 5) is 27.8. The van der Waals surface area contributed by atoms with Gasteiger partial charge in [0.05, 0.1) is 24.5 Å². The predicted molar refractivity (Wildman–Crippen MR) is 144 cm³/mol. The Balaban J connectivity index is 1.80. The number of carbonyl (C=O) groups excluding carboxylic acids is 2. The van der Waals surface area contributed by atoms with E-state index in [9.17, 15) is 14.0 Å². The molecule has 1 aromatic heterocycles. The minimum absolute atomic E-state index is 0.0824. The Morgan fingerprint density at radius 1 is 1.11 bits per heavy atom. The zero-order valence-corrected chi connectivity index (χ0v) is 22.3. The maximum absolute atomic E-state index is 13.5. The molecule has 37 heavy (non-hydrogen) atoms. The predicted octanol–water partition coefficient (Wildman–Crippen LogP) is 5.55. The van der Waals surface area contributed by atoms with Crippen LogP contribution in [0, 0.1) is 17.2 Å². The monoisotopic (exact) mass is 508 g/mol. The van der Waals surface area contributed by atoms with Crippen LogP contribution in [0.3, 0.4) is 0 Å². The minimum atomic E-state index is -0.363. The van der Waals surface area contributed by atoms with Crippen LogP contribution in [-0.2, 0) is 14.3 Å². The fraction of sp³-hybridized carbons (Fsp3) is 0.414. The normalized spacial score (nSPS) is 12.3. The average molecular weight is 509 g/mol. The third-order valence-electron chi connectivity index (χ3n) is 5.85. The van der Waals surface area contributed by atoms with E-state index in [0.29, 0.717) is 36.8 Å². The molecule has 0 saturated heterocycles. The highest BCUT2D eigenvalue weighted by Gasteiger charge is 2.23. The number of nitrogens with zero attached hydrogens (tertiary/aromatic N) is 3. The summed E-state index contributed by atoms with van der Waals surface area (Å²) >= 11 is 0. The topological polar surface area (TPSA) is 76.5 Å². The van der Waals surface area contributed by atoms with Crippen molar-refractivity contribution in [1.29, 1.82) is 0 Å². The van der Waals surface area contributed by atoms with Crippen molar-refractivity contribution in [2.45, 2.75) is 40.5 Å². The molecule has 1 unspecified atom stereocenters. The Labute approximate surface area is 218 Å². The fourth-order valence-electron chi connectivity index (χ4n) is 4.39. The number of hydrogen-bond donors (Lipinski definition) is 1. The van der Waals surface area contributed by atoms with Crippen molar-refractivity contribution in [3.63, 3.8) is 0 Å². The van der Waals surface area contributed by atoms with Gasteiger partial charge in [-0.1, -0.05) is 58.0 Å². The number of ether oxygens (including phenoxy) is 1. The van der Waals surface area contributed by atoms with Crippen molar-refractivity contribution in [3.05, 3.63) is 66.5 Å². The number of benzene rings is 2. The number of hydrogen-bond acceptors (Lipinski definition) is 4. The van der Waals surface area contributed by atoms with E-state index in [1.807, 2.05) is 30.3 Å². The van der Waals surface area contributed by atoms with E-state index in [1.54, 1.807) is 30.0 Å². The van der Waals surface area contributed by atoms with Crippen LogP contribution in [-0.4, -0.2) is 53.3 Å². The molecule has 0 bridgehead atoms. The van der Waals surface area contributed by atoms with E-state index in [1.165, 1.54) is 17.0 Å². The highest BCUT2D eigenvalue weighted by Crippen LogP contribution is 2.27. The molecule has 1 heterocycles.